The Hall–Kier alpha value is -2.55. The lowest BCUT2D eigenvalue weighted by Crippen LogP contribution is -2.27. The zero-order valence-electron chi connectivity index (χ0n) is 16.2. The quantitative estimate of drug-likeness (QED) is 0.677. The van der Waals surface area contributed by atoms with Gasteiger partial charge in [0.05, 0.1) is 22.8 Å². The molecule has 3 aromatic rings. The summed E-state index contributed by atoms with van der Waals surface area (Å²) < 4.78 is 26.3. The molecular weight excluding hydrogens is 376 g/mol. The zero-order valence-corrected chi connectivity index (χ0v) is 17.0. The van der Waals surface area contributed by atoms with Crippen LogP contribution >= 0.6 is 0 Å². The van der Waals surface area contributed by atoms with Crippen LogP contribution in [0.25, 0.3) is 16.6 Å². The second-order valence-electron chi connectivity index (χ2n) is 6.87. The first-order valence-corrected chi connectivity index (χ1v) is 10.8. The van der Waals surface area contributed by atoms with Gasteiger partial charge in [0.2, 0.25) is 10.0 Å². The van der Waals surface area contributed by atoms with E-state index in [9.17, 15) is 13.2 Å². The number of hydrogen-bond donors (Lipinski definition) is 1. The Morgan fingerprint density at radius 3 is 2.57 bits per heavy atom. The second-order valence-corrected chi connectivity index (χ2v) is 8.95. The number of aromatic nitrogens is 2. The number of aryl methyl sites for hydroxylation is 1. The molecule has 0 atom stereocenters. The van der Waals surface area contributed by atoms with E-state index in [0.29, 0.717) is 35.4 Å². The van der Waals surface area contributed by atoms with E-state index in [1.807, 2.05) is 49.4 Å². The van der Waals surface area contributed by atoms with Crippen molar-refractivity contribution in [2.45, 2.75) is 19.9 Å². The molecule has 0 aliphatic carbocycles. The van der Waals surface area contributed by atoms with Gasteiger partial charge in [-0.05, 0) is 42.8 Å². The molecule has 0 aliphatic rings. The van der Waals surface area contributed by atoms with Crippen molar-refractivity contribution in [1.82, 2.24) is 13.9 Å². The Kier molecular flexibility index (Phi) is 5.64. The molecule has 0 aliphatic heterocycles. The summed E-state index contributed by atoms with van der Waals surface area (Å²) in [4.78, 5) is 18.0. The molecule has 1 heterocycles. The molecule has 0 amide bonds. The van der Waals surface area contributed by atoms with E-state index < -0.39 is 10.0 Å². The summed E-state index contributed by atoms with van der Waals surface area (Å²) in [7, 11) is -1.78. The summed E-state index contributed by atoms with van der Waals surface area (Å²) >= 11 is 0. The van der Waals surface area contributed by atoms with Crippen molar-refractivity contribution in [2.75, 3.05) is 19.8 Å². The molecule has 0 saturated carbocycles. The molecule has 148 valence electrons. The van der Waals surface area contributed by atoms with E-state index in [2.05, 4.69) is 4.98 Å². The normalized spacial score (nSPS) is 12.0. The summed E-state index contributed by atoms with van der Waals surface area (Å²) in [6, 6.07) is 12.9. The van der Waals surface area contributed by atoms with Crippen LogP contribution in [-0.4, -0.2) is 42.1 Å². The monoisotopic (exact) mass is 400 g/mol. The number of fused-ring (bicyclic) bond motifs is 1. The van der Waals surface area contributed by atoms with Crippen LogP contribution in [0.15, 0.2) is 47.3 Å². The fraction of sp³-hybridized carbons (Fsp3) is 0.300. The highest BCUT2D eigenvalue weighted by atomic mass is 32.2. The van der Waals surface area contributed by atoms with Crippen LogP contribution in [0.5, 0.6) is 0 Å². The van der Waals surface area contributed by atoms with Gasteiger partial charge < -0.3 is 5.73 Å². The van der Waals surface area contributed by atoms with Crippen LogP contribution in [0.4, 0.5) is 0 Å². The van der Waals surface area contributed by atoms with Gasteiger partial charge in [0.15, 0.2) is 0 Å². The lowest BCUT2D eigenvalue weighted by atomic mass is 10.1. The van der Waals surface area contributed by atoms with Crippen LogP contribution in [0.2, 0.25) is 0 Å². The van der Waals surface area contributed by atoms with E-state index in [-0.39, 0.29) is 12.1 Å². The minimum absolute atomic E-state index is 0.153. The summed E-state index contributed by atoms with van der Waals surface area (Å²) in [5, 5.41) is 0.571. The van der Waals surface area contributed by atoms with Crippen molar-refractivity contribution in [1.29, 1.82) is 0 Å². The maximum absolute atomic E-state index is 13.3. The Morgan fingerprint density at radius 1 is 1.18 bits per heavy atom. The Morgan fingerprint density at radius 2 is 1.89 bits per heavy atom. The molecule has 0 unspecified atom stereocenters. The van der Waals surface area contributed by atoms with E-state index in [4.69, 9.17) is 5.73 Å². The van der Waals surface area contributed by atoms with Crippen LogP contribution in [0.1, 0.15) is 17.0 Å². The maximum atomic E-state index is 13.3. The molecule has 2 N–H and O–H groups in total. The van der Waals surface area contributed by atoms with Crippen molar-refractivity contribution in [3.8, 4) is 5.69 Å². The molecule has 0 saturated heterocycles. The van der Waals surface area contributed by atoms with Gasteiger partial charge in [-0.3, -0.25) is 9.36 Å². The molecule has 7 nitrogen and oxygen atoms in total. The fourth-order valence-electron chi connectivity index (χ4n) is 3.17. The van der Waals surface area contributed by atoms with Crippen LogP contribution < -0.4 is 11.3 Å². The number of hydrogen-bond acceptors (Lipinski definition) is 5. The van der Waals surface area contributed by atoms with Gasteiger partial charge >= 0.3 is 0 Å². The van der Waals surface area contributed by atoms with Crippen molar-refractivity contribution in [2.24, 2.45) is 5.73 Å². The highest BCUT2D eigenvalue weighted by Gasteiger charge is 2.15. The molecule has 2 aromatic carbocycles. The average molecular weight is 401 g/mol. The number of nitrogens with two attached hydrogens (primary N) is 1. The predicted molar refractivity (Wildman–Crippen MR) is 111 cm³/mol. The average Bonchev–Trinajstić information content (AvgIpc) is 2.61. The van der Waals surface area contributed by atoms with Gasteiger partial charge in [0, 0.05) is 20.0 Å². The van der Waals surface area contributed by atoms with Gasteiger partial charge in [-0.25, -0.2) is 17.7 Å². The number of rotatable bonds is 6. The van der Waals surface area contributed by atoms with Crippen LogP contribution in [-0.2, 0) is 23.0 Å². The third-order valence-electron chi connectivity index (χ3n) is 4.68. The molecule has 0 spiro atoms. The van der Waals surface area contributed by atoms with Gasteiger partial charge in [0.25, 0.3) is 5.56 Å². The second kappa shape index (κ2) is 7.83. The first-order chi connectivity index (χ1) is 13.2. The minimum atomic E-state index is -3.30. The fourth-order valence-corrected chi connectivity index (χ4v) is 3.56. The number of nitrogens with zero attached hydrogens (tertiary/aromatic N) is 3. The summed E-state index contributed by atoms with van der Waals surface area (Å²) in [6.07, 6.45) is 1.61. The first-order valence-electron chi connectivity index (χ1n) is 8.94. The van der Waals surface area contributed by atoms with Gasteiger partial charge in [-0.15, -0.1) is 0 Å². The minimum Gasteiger partial charge on any atom is -0.330 e. The van der Waals surface area contributed by atoms with Gasteiger partial charge in [-0.1, -0.05) is 24.3 Å². The molecule has 0 fully saturated rings. The topological polar surface area (TPSA) is 98.3 Å². The first kappa shape index (κ1) is 20.2. The molecule has 0 radical (unpaired) electrons. The Balaban J connectivity index is 2.19. The van der Waals surface area contributed by atoms with Crippen molar-refractivity contribution in [3.63, 3.8) is 0 Å². The van der Waals surface area contributed by atoms with Crippen molar-refractivity contribution < 1.29 is 8.42 Å². The van der Waals surface area contributed by atoms with Gasteiger partial charge in [-0.2, -0.15) is 0 Å². The summed E-state index contributed by atoms with van der Waals surface area (Å²) in [5.41, 5.74) is 8.52. The maximum Gasteiger partial charge on any atom is 0.266 e. The lowest BCUT2D eigenvalue weighted by molar-refractivity contribution is 0.472. The van der Waals surface area contributed by atoms with E-state index in [1.165, 1.54) is 11.4 Å². The number of benzene rings is 2. The summed E-state index contributed by atoms with van der Waals surface area (Å²) in [5.74, 6) is 0.583. The molecule has 8 heteroatoms. The SMILES string of the molecule is Cc1cccc2nc(CCN)n(-c3cccc(CN(C)S(C)(=O)=O)c3)c(=O)c12. The predicted octanol–water partition coefficient (Wildman–Crippen LogP) is 1.59. The standard InChI is InChI=1S/C20H24N4O3S/c1-14-6-4-9-17-19(14)20(25)24(18(22-17)10-11-21)16-8-5-7-15(12-16)13-23(2)28(3,26)27/h4-9,12H,10-11,13,21H2,1-3H3. The molecule has 1 aromatic heterocycles. The highest BCUT2D eigenvalue weighted by Crippen LogP contribution is 2.18. The number of sulfonamides is 1. The smallest absolute Gasteiger partial charge is 0.266 e. The van der Waals surface area contributed by atoms with Gasteiger partial charge in [0.1, 0.15) is 5.82 Å². The Labute approximate surface area is 164 Å². The summed E-state index contributed by atoms with van der Waals surface area (Å²) in [6.45, 7) is 2.46. The largest absolute Gasteiger partial charge is 0.330 e. The molecule has 0 bridgehead atoms. The zero-order chi connectivity index (χ0) is 20.5. The molecular formula is C20H24N4O3S. The van der Waals surface area contributed by atoms with Crippen LogP contribution in [0, 0.1) is 6.92 Å². The van der Waals surface area contributed by atoms with E-state index in [0.717, 1.165) is 17.4 Å². The van der Waals surface area contributed by atoms with Crippen molar-refractivity contribution in [3.05, 3.63) is 69.8 Å². The lowest BCUT2D eigenvalue weighted by Gasteiger charge is -2.17. The Bertz CT molecular complexity index is 1190. The third-order valence-corrected chi connectivity index (χ3v) is 5.94. The third kappa shape index (κ3) is 3.99. The molecule has 3 rings (SSSR count). The highest BCUT2D eigenvalue weighted by molar-refractivity contribution is 7.88. The van der Waals surface area contributed by atoms with E-state index in [1.54, 1.807) is 4.57 Å². The van der Waals surface area contributed by atoms with Crippen LogP contribution in [0.3, 0.4) is 0 Å². The molecule has 28 heavy (non-hydrogen) atoms. The van der Waals surface area contributed by atoms with E-state index >= 15 is 0 Å². The van der Waals surface area contributed by atoms with Crippen molar-refractivity contribution >= 4 is 20.9 Å².